The first-order valence-corrected chi connectivity index (χ1v) is 8.35. The average molecular weight is 284 g/mol. The smallest absolute Gasteiger partial charge is 0.221 e. The molecule has 0 aromatic rings. The van der Waals surface area contributed by atoms with Gasteiger partial charge in [-0.25, -0.2) is 0 Å². The van der Waals surface area contributed by atoms with E-state index in [2.05, 4.69) is 24.1 Å². The van der Waals surface area contributed by atoms with E-state index in [1.807, 2.05) is 0 Å². The summed E-state index contributed by atoms with van der Waals surface area (Å²) in [4.78, 5) is 14.3. The molecule has 0 aromatic heterocycles. The van der Waals surface area contributed by atoms with E-state index in [0.29, 0.717) is 25.0 Å². The fourth-order valence-corrected chi connectivity index (χ4v) is 3.20. The van der Waals surface area contributed by atoms with Crippen LogP contribution >= 0.6 is 0 Å². The lowest BCUT2D eigenvalue weighted by atomic mass is 9.95. The van der Waals surface area contributed by atoms with Crippen LogP contribution in [0.4, 0.5) is 0 Å². The average Bonchev–Trinajstić information content (AvgIpc) is 2.47. The number of hydrogen-bond donors (Lipinski definition) is 2. The minimum absolute atomic E-state index is 0.167. The predicted molar refractivity (Wildman–Crippen MR) is 82.7 cm³/mol. The lowest BCUT2D eigenvalue weighted by molar-refractivity contribution is -0.122. The maximum atomic E-state index is 12.0. The molecule has 0 aliphatic heterocycles. The molecule has 1 aliphatic rings. The number of aliphatic hydroxyl groups excluding tert-OH is 1. The molecule has 1 fully saturated rings. The van der Waals surface area contributed by atoms with Crippen molar-refractivity contribution in [3.63, 3.8) is 0 Å². The van der Waals surface area contributed by atoms with Gasteiger partial charge in [0.25, 0.3) is 0 Å². The Balaban J connectivity index is 2.31. The lowest BCUT2D eigenvalue weighted by Gasteiger charge is -2.30. The highest BCUT2D eigenvalue weighted by Gasteiger charge is 2.18. The minimum Gasteiger partial charge on any atom is -0.395 e. The molecule has 1 saturated carbocycles. The van der Waals surface area contributed by atoms with Gasteiger partial charge in [0.05, 0.1) is 6.61 Å². The SMILES string of the molecule is CCC(CC)N(CCO)CCC(=O)NC1CCCCC1. The number of nitrogens with zero attached hydrogens (tertiary/aromatic N) is 1. The van der Waals surface area contributed by atoms with Crippen molar-refractivity contribution in [2.24, 2.45) is 0 Å². The van der Waals surface area contributed by atoms with E-state index < -0.39 is 0 Å². The molecule has 0 aromatic carbocycles. The van der Waals surface area contributed by atoms with Crippen LogP contribution in [0.25, 0.3) is 0 Å². The Labute approximate surface area is 123 Å². The van der Waals surface area contributed by atoms with Gasteiger partial charge >= 0.3 is 0 Å². The summed E-state index contributed by atoms with van der Waals surface area (Å²) in [6, 6.07) is 0.875. The second-order valence-corrected chi connectivity index (χ2v) is 5.88. The summed E-state index contributed by atoms with van der Waals surface area (Å²) < 4.78 is 0. The first-order valence-electron chi connectivity index (χ1n) is 8.35. The molecular weight excluding hydrogens is 252 g/mol. The molecule has 0 spiro atoms. The van der Waals surface area contributed by atoms with Crippen molar-refractivity contribution in [2.45, 2.75) is 77.3 Å². The first kappa shape index (κ1) is 17.4. The molecule has 4 nitrogen and oxygen atoms in total. The van der Waals surface area contributed by atoms with Crippen LogP contribution in [0.1, 0.15) is 65.2 Å². The molecule has 118 valence electrons. The Hall–Kier alpha value is -0.610. The number of carbonyl (C=O) groups is 1. The molecular formula is C16H32N2O2. The van der Waals surface area contributed by atoms with Gasteiger partial charge in [0.2, 0.25) is 5.91 Å². The van der Waals surface area contributed by atoms with Crippen LogP contribution in [-0.4, -0.2) is 47.7 Å². The highest BCUT2D eigenvalue weighted by molar-refractivity contribution is 5.76. The normalized spacial score (nSPS) is 16.9. The second kappa shape index (κ2) is 10.2. The van der Waals surface area contributed by atoms with Gasteiger partial charge in [-0.2, -0.15) is 0 Å². The molecule has 0 bridgehead atoms. The van der Waals surface area contributed by atoms with E-state index >= 15 is 0 Å². The third-order valence-corrected chi connectivity index (χ3v) is 4.44. The summed E-state index contributed by atoms with van der Waals surface area (Å²) in [5, 5.41) is 12.3. The van der Waals surface area contributed by atoms with Crippen LogP contribution in [0, 0.1) is 0 Å². The van der Waals surface area contributed by atoms with Gasteiger partial charge in [-0.05, 0) is 25.7 Å². The number of rotatable bonds is 9. The number of nitrogens with one attached hydrogen (secondary N) is 1. The minimum atomic E-state index is 0.167. The van der Waals surface area contributed by atoms with Gasteiger partial charge in [0.15, 0.2) is 0 Å². The Morgan fingerprint density at radius 1 is 1.20 bits per heavy atom. The topological polar surface area (TPSA) is 52.6 Å². The second-order valence-electron chi connectivity index (χ2n) is 5.88. The van der Waals surface area contributed by atoms with Crippen molar-refractivity contribution in [1.82, 2.24) is 10.2 Å². The fourth-order valence-electron chi connectivity index (χ4n) is 3.20. The third-order valence-electron chi connectivity index (χ3n) is 4.44. The predicted octanol–water partition coefficient (Wildman–Crippen LogP) is 2.31. The molecule has 0 atom stereocenters. The van der Waals surface area contributed by atoms with Crippen molar-refractivity contribution in [3.8, 4) is 0 Å². The summed E-state index contributed by atoms with van der Waals surface area (Å²) >= 11 is 0. The van der Waals surface area contributed by atoms with E-state index in [9.17, 15) is 4.79 Å². The van der Waals surface area contributed by atoms with Gasteiger partial charge in [-0.1, -0.05) is 33.1 Å². The van der Waals surface area contributed by atoms with E-state index in [0.717, 1.165) is 32.2 Å². The number of hydrogen-bond acceptors (Lipinski definition) is 3. The fraction of sp³-hybridized carbons (Fsp3) is 0.938. The van der Waals surface area contributed by atoms with E-state index in [4.69, 9.17) is 5.11 Å². The largest absolute Gasteiger partial charge is 0.395 e. The maximum Gasteiger partial charge on any atom is 0.221 e. The summed E-state index contributed by atoms with van der Waals surface area (Å²) in [5.41, 5.74) is 0. The Morgan fingerprint density at radius 3 is 2.40 bits per heavy atom. The van der Waals surface area contributed by atoms with Crippen LogP contribution in [0.15, 0.2) is 0 Å². The Kier molecular flexibility index (Phi) is 8.86. The van der Waals surface area contributed by atoms with Crippen LogP contribution in [0.2, 0.25) is 0 Å². The Bertz CT molecular complexity index is 261. The zero-order chi connectivity index (χ0) is 14.8. The number of carbonyl (C=O) groups excluding carboxylic acids is 1. The van der Waals surface area contributed by atoms with Crippen molar-refractivity contribution in [2.75, 3.05) is 19.7 Å². The molecule has 20 heavy (non-hydrogen) atoms. The number of aliphatic hydroxyl groups is 1. The summed E-state index contributed by atoms with van der Waals surface area (Å²) in [6.45, 7) is 5.93. The van der Waals surface area contributed by atoms with Gasteiger partial charge in [0.1, 0.15) is 0 Å². The standard InChI is InChI=1S/C16H32N2O2/c1-3-15(4-2)18(12-13-19)11-10-16(20)17-14-8-6-5-7-9-14/h14-15,19H,3-13H2,1-2H3,(H,17,20). The maximum absolute atomic E-state index is 12.0. The van der Waals surface area contributed by atoms with Gasteiger partial charge in [-0.3, -0.25) is 9.69 Å². The van der Waals surface area contributed by atoms with Crippen LogP contribution in [0.5, 0.6) is 0 Å². The molecule has 1 amide bonds. The molecule has 1 rings (SSSR count). The van der Waals surface area contributed by atoms with Crippen LogP contribution in [0.3, 0.4) is 0 Å². The monoisotopic (exact) mass is 284 g/mol. The van der Waals surface area contributed by atoms with Crippen molar-refractivity contribution in [3.05, 3.63) is 0 Å². The van der Waals surface area contributed by atoms with Crippen molar-refractivity contribution < 1.29 is 9.90 Å². The number of amides is 1. The quantitative estimate of drug-likeness (QED) is 0.683. The highest BCUT2D eigenvalue weighted by Crippen LogP contribution is 2.17. The molecule has 0 radical (unpaired) electrons. The van der Waals surface area contributed by atoms with Gasteiger partial charge < -0.3 is 10.4 Å². The van der Waals surface area contributed by atoms with E-state index in [1.165, 1.54) is 19.3 Å². The molecule has 4 heteroatoms. The Morgan fingerprint density at radius 2 is 1.85 bits per heavy atom. The molecule has 0 unspecified atom stereocenters. The van der Waals surface area contributed by atoms with E-state index in [-0.39, 0.29) is 12.5 Å². The van der Waals surface area contributed by atoms with Crippen molar-refractivity contribution >= 4 is 5.91 Å². The van der Waals surface area contributed by atoms with Crippen LogP contribution < -0.4 is 5.32 Å². The molecule has 0 heterocycles. The molecule has 1 aliphatic carbocycles. The zero-order valence-corrected chi connectivity index (χ0v) is 13.2. The van der Waals surface area contributed by atoms with Crippen molar-refractivity contribution in [1.29, 1.82) is 0 Å². The zero-order valence-electron chi connectivity index (χ0n) is 13.2. The molecule has 0 saturated heterocycles. The van der Waals surface area contributed by atoms with Crippen LogP contribution in [-0.2, 0) is 4.79 Å². The summed E-state index contributed by atoms with van der Waals surface area (Å²) in [6.07, 6.45) is 8.77. The van der Waals surface area contributed by atoms with E-state index in [1.54, 1.807) is 0 Å². The summed E-state index contributed by atoms with van der Waals surface area (Å²) in [5.74, 6) is 0.172. The summed E-state index contributed by atoms with van der Waals surface area (Å²) in [7, 11) is 0. The van der Waals surface area contributed by atoms with Gasteiger partial charge in [0, 0.05) is 31.6 Å². The third kappa shape index (κ3) is 6.23. The first-order chi connectivity index (χ1) is 9.71. The highest BCUT2D eigenvalue weighted by atomic mass is 16.3. The van der Waals surface area contributed by atoms with Gasteiger partial charge in [-0.15, -0.1) is 0 Å². The molecule has 2 N–H and O–H groups in total. The lowest BCUT2D eigenvalue weighted by Crippen LogP contribution is -2.41.